The van der Waals surface area contributed by atoms with E-state index in [1.54, 1.807) is 6.08 Å². The third-order valence-electron chi connectivity index (χ3n) is 1.39. The van der Waals surface area contributed by atoms with Gasteiger partial charge in [-0.3, -0.25) is 0 Å². The molecule has 12 heavy (non-hydrogen) atoms. The van der Waals surface area contributed by atoms with Gasteiger partial charge < -0.3 is 5.11 Å². The molecular weight excluding hydrogens is 230 g/mol. The van der Waals surface area contributed by atoms with E-state index in [9.17, 15) is 8.78 Å². The molecule has 0 aliphatic rings. The highest BCUT2D eigenvalue weighted by molar-refractivity contribution is 9.10. The van der Waals surface area contributed by atoms with Gasteiger partial charge in [0.25, 0.3) is 0 Å². The molecule has 0 radical (unpaired) electrons. The summed E-state index contributed by atoms with van der Waals surface area (Å²) in [5, 5.41) is 8.85. The fourth-order valence-electron chi connectivity index (χ4n) is 0.702. The first-order chi connectivity index (χ1) is 5.48. The molecular formula is C8H13BrF2O. The van der Waals surface area contributed by atoms with Gasteiger partial charge in [-0.15, -0.1) is 0 Å². The highest BCUT2D eigenvalue weighted by Crippen LogP contribution is 2.28. The number of halogens is 3. The average molecular weight is 243 g/mol. The van der Waals surface area contributed by atoms with Gasteiger partial charge in [0.05, 0.1) is 0 Å². The van der Waals surface area contributed by atoms with Crippen molar-refractivity contribution in [3.8, 4) is 0 Å². The topological polar surface area (TPSA) is 20.2 Å². The lowest BCUT2D eigenvalue weighted by atomic mass is 10.2. The predicted octanol–water partition coefficient (Wildman–Crippen LogP) is 3.08. The van der Waals surface area contributed by atoms with Crippen LogP contribution in [0.5, 0.6) is 0 Å². The Hall–Kier alpha value is 0.0400. The van der Waals surface area contributed by atoms with E-state index in [0.29, 0.717) is 6.42 Å². The molecule has 0 aliphatic heterocycles. The molecule has 1 unspecified atom stereocenters. The Kier molecular flexibility index (Phi) is 5.66. The monoisotopic (exact) mass is 242 g/mol. The molecule has 0 amide bonds. The zero-order chi connectivity index (χ0) is 9.61. The van der Waals surface area contributed by atoms with E-state index in [-0.39, 0.29) is 6.42 Å². The normalized spacial score (nSPS) is 15.4. The number of aliphatic hydroxyl groups is 1. The molecule has 0 aromatic heterocycles. The summed E-state index contributed by atoms with van der Waals surface area (Å²) in [6.45, 7) is 1.96. The number of hydrogen-bond acceptors (Lipinski definition) is 1. The van der Waals surface area contributed by atoms with E-state index >= 15 is 0 Å². The van der Waals surface area contributed by atoms with Crippen LogP contribution in [0.15, 0.2) is 12.2 Å². The number of alkyl halides is 3. The summed E-state index contributed by atoms with van der Waals surface area (Å²) in [5.41, 5.74) is 0. The van der Waals surface area contributed by atoms with Crippen molar-refractivity contribution in [2.45, 2.75) is 37.1 Å². The summed E-state index contributed by atoms with van der Waals surface area (Å²) in [5.74, 6) is 0. The minimum Gasteiger partial charge on any atom is -0.386 e. The molecule has 0 aromatic rings. The molecule has 0 fully saturated rings. The van der Waals surface area contributed by atoms with E-state index in [4.69, 9.17) is 5.11 Å². The highest BCUT2D eigenvalue weighted by Gasteiger charge is 2.33. The Balaban J connectivity index is 3.58. The molecule has 72 valence electrons. The Morgan fingerprint density at radius 1 is 1.50 bits per heavy atom. The zero-order valence-electron chi connectivity index (χ0n) is 6.93. The molecule has 1 atom stereocenters. The second kappa shape index (κ2) is 5.65. The van der Waals surface area contributed by atoms with Crippen LogP contribution in [0.25, 0.3) is 0 Å². The van der Waals surface area contributed by atoms with Gasteiger partial charge in [-0.25, -0.2) is 0 Å². The van der Waals surface area contributed by atoms with Crippen LogP contribution in [0.2, 0.25) is 0 Å². The van der Waals surface area contributed by atoms with Crippen molar-refractivity contribution >= 4 is 15.9 Å². The van der Waals surface area contributed by atoms with Gasteiger partial charge >= 0.3 is 4.83 Å². The maximum atomic E-state index is 12.3. The Morgan fingerprint density at radius 2 is 2.08 bits per heavy atom. The van der Waals surface area contributed by atoms with Crippen molar-refractivity contribution in [3.63, 3.8) is 0 Å². The molecule has 0 rings (SSSR count). The fourth-order valence-corrected chi connectivity index (χ4v) is 0.931. The molecule has 0 bridgehead atoms. The van der Waals surface area contributed by atoms with E-state index in [1.807, 2.05) is 13.0 Å². The summed E-state index contributed by atoms with van der Waals surface area (Å²) in [6, 6.07) is 0. The first-order valence-electron chi connectivity index (χ1n) is 3.88. The van der Waals surface area contributed by atoms with Gasteiger partial charge in [-0.1, -0.05) is 19.1 Å². The third-order valence-corrected chi connectivity index (χ3v) is 1.92. The van der Waals surface area contributed by atoms with Crippen LogP contribution in [-0.2, 0) is 0 Å². The maximum Gasteiger partial charge on any atom is 0.326 e. The molecule has 0 spiro atoms. The lowest BCUT2D eigenvalue weighted by Gasteiger charge is -2.14. The lowest BCUT2D eigenvalue weighted by molar-refractivity contribution is -0.0310. The van der Waals surface area contributed by atoms with Gasteiger partial charge in [-0.2, -0.15) is 8.78 Å². The predicted molar refractivity (Wildman–Crippen MR) is 48.5 cm³/mol. The van der Waals surface area contributed by atoms with Crippen LogP contribution < -0.4 is 0 Å². The highest BCUT2D eigenvalue weighted by atomic mass is 79.9. The second-order valence-corrected chi connectivity index (χ2v) is 3.57. The third kappa shape index (κ3) is 5.66. The summed E-state index contributed by atoms with van der Waals surface area (Å²) in [6.07, 6.45) is 3.53. The van der Waals surface area contributed by atoms with E-state index < -0.39 is 10.9 Å². The van der Waals surface area contributed by atoms with Gasteiger partial charge in [0.1, 0.15) is 6.10 Å². The quantitative estimate of drug-likeness (QED) is 0.581. The molecule has 0 saturated carbocycles. The van der Waals surface area contributed by atoms with E-state index in [0.717, 1.165) is 6.42 Å². The van der Waals surface area contributed by atoms with Crippen LogP contribution in [0.3, 0.4) is 0 Å². The molecule has 1 nitrogen and oxygen atoms in total. The number of rotatable bonds is 5. The number of hydrogen-bond donors (Lipinski definition) is 1. The summed E-state index contributed by atoms with van der Waals surface area (Å²) in [7, 11) is 0. The van der Waals surface area contributed by atoms with Gasteiger partial charge in [0.15, 0.2) is 0 Å². The zero-order valence-corrected chi connectivity index (χ0v) is 8.52. The van der Waals surface area contributed by atoms with E-state index in [2.05, 4.69) is 15.9 Å². The van der Waals surface area contributed by atoms with Crippen LogP contribution in [0.1, 0.15) is 26.2 Å². The number of aliphatic hydroxyl groups excluding tert-OH is 1. The standard InChI is InChI=1S/C8H13BrF2O/c1-2-3-4-5-6-7(12)8(9,10)11/h3-4,7,12H,2,5-6H2,1H3/b4-3-. The second-order valence-electron chi connectivity index (χ2n) is 2.51. The lowest BCUT2D eigenvalue weighted by Crippen LogP contribution is -2.26. The Morgan fingerprint density at radius 3 is 2.50 bits per heavy atom. The Bertz CT molecular complexity index is 142. The van der Waals surface area contributed by atoms with Gasteiger partial charge in [-0.05, 0) is 35.2 Å². The SMILES string of the molecule is CC/C=C\CCC(O)C(F)(F)Br. The maximum absolute atomic E-state index is 12.3. The molecule has 4 heteroatoms. The van der Waals surface area contributed by atoms with Crippen molar-refractivity contribution in [1.29, 1.82) is 0 Å². The van der Waals surface area contributed by atoms with Gasteiger partial charge in [0, 0.05) is 0 Å². The summed E-state index contributed by atoms with van der Waals surface area (Å²) < 4.78 is 24.5. The first-order valence-corrected chi connectivity index (χ1v) is 4.67. The first kappa shape index (κ1) is 12.0. The largest absolute Gasteiger partial charge is 0.386 e. The van der Waals surface area contributed by atoms with Crippen molar-refractivity contribution in [2.24, 2.45) is 0 Å². The molecule has 0 aliphatic carbocycles. The van der Waals surface area contributed by atoms with Crippen molar-refractivity contribution < 1.29 is 13.9 Å². The van der Waals surface area contributed by atoms with Crippen LogP contribution >= 0.6 is 15.9 Å². The minimum atomic E-state index is -3.16. The van der Waals surface area contributed by atoms with Crippen LogP contribution in [0.4, 0.5) is 8.78 Å². The summed E-state index contributed by atoms with van der Waals surface area (Å²) in [4.78, 5) is -3.16. The van der Waals surface area contributed by atoms with E-state index in [1.165, 1.54) is 0 Å². The molecule has 0 saturated heterocycles. The summed E-state index contributed by atoms with van der Waals surface area (Å²) >= 11 is 2.11. The average Bonchev–Trinajstić information content (AvgIpc) is 1.96. The van der Waals surface area contributed by atoms with Crippen molar-refractivity contribution in [1.82, 2.24) is 0 Å². The minimum absolute atomic E-state index is 0.0781. The van der Waals surface area contributed by atoms with Crippen molar-refractivity contribution in [3.05, 3.63) is 12.2 Å². The molecule has 1 N–H and O–H groups in total. The number of allylic oxidation sites excluding steroid dienone is 2. The van der Waals surface area contributed by atoms with Gasteiger partial charge in [0.2, 0.25) is 0 Å². The molecule has 0 heterocycles. The van der Waals surface area contributed by atoms with Crippen LogP contribution in [-0.4, -0.2) is 16.0 Å². The Labute approximate surface area is 79.6 Å². The fraction of sp³-hybridized carbons (Fsp3) is 0.750. The molecule has 0 aromatic carbocycles. The smallest absolute Gasteiger partial charge is 0.326 e. The van der Waals surface area contributed by atoms with Crippen LogP contribution in [0, 0.1) is 0 Å². The van der Waals surface area contributed by atoms with Crippen molar-refractivity contribution in [2.75, 3.05) is 0 Å².